The molecule has 5 N–H and O–H groups in total. The summed E-state index contributed by atoms with van der Waals surface area (Å²) in [7, 11) is 5.43. The highest BCUT2D eigenvalue weighted by molar-refractivity contribution is 5.64. The maximum atomic E-state index is 10.4. The molecule has 0 bridgehead atoms. The number of rotatable bonds is 10. The molecular weight excluding hydrogens is 619 g/mol. The third kappa shape index (κ3) is 18.9. The molecule has 4 rings (SSSR count). The van der Waals surface area contributed by atoms with E-state index in [4.69, 9.17) is 17.3 Å². The van der Waals surface area contributed by atoms with Gasteiger partial charge in [0, 0.05) is 26.7 Å². The second kappa shape index (κ2) is 35.3. The molecule has 4 aliphatic carbocycles. The fraction of sp³-hybridized carbons (Fsp3) is 0.795. The van der Waals surface area contributed by atoms with E-state index in [1.807, 2.05) is 34.9 Å². The summed E-state index contributed by atoms with van der Waals surface area (Å²) in [6, 6.07) is 0. The number of nitrogens with one attached hydrogen (secondary N) is 2. The van der Waals surface area contributed by atoms with Crippen molar-refractivity contribution in [3.8, 4) is 37.5 Å². The Morgan fingerprint density at radius 1 is 0.980 bits per heavy atom. The Balaban J connectivity index is -0.000000366. The summed E-state index contributed by atoms with van der Waals surface area (Å²) in [6.07, 6.45) is 42.1. The van der Waals surface area contributed by atoms with Crippen LogP contribution in [-0.4, -0.2) is 58.5 Å². The Bertz CT molecular complexity index is 894. The van der Waals surface area contributed by atoms with E-state index in [0.717, 1.165) is 55.3 Å². The molecule has 292 valence electrons. The molecule has 6 nitrogen and oxygen atoms in total. The summed E-state index contributed by atoms with van der Waals surface area (Å²) in [6.45, 7) is 14.3. The van der Waals surface area contributed by atoms with Crippen LogP contribution in [0, 0.1) is 78.0 Å². The minimum atomic E-state index is 0. The van der Waals surface area contributed by atoms with Gasteiger partial charge < -0.3 is 26.2 Å². The normalized spacial score (nSPS) is 28.0. The van der Waals surface area contributed by atoms with Crippen molar-refractivity contribution < 1.29 is 14.6 Å². The van der Waals surface area contributed by atoms with Gasteiger partial charge in [0.25, 0.3) is 0 Å². The van der Waals surface area contributed by atoms with E-state index in [1.165, 1.54) is 70.6 Å². The quantitative estimate of drug-likeness (QED) is 0.0598. The first-order valence-corrected chi connectivity index (χ1v) is 19.1. The zero-order chi connectivity index (χ0) is 38.1. The van der Waals surface area contributed by atoms with Crippen LogP contribution in [0.25, 0.3) is 0 Å². The van der Waals surface area contributed by atoms with Crippen molar-refractivity contribution in [2.75, 3.05) is 41.0 Å². The zero-order valence-corrected chi connectivity index (χ0v) is 33.4. The fourth-order valence-electron chi connectivity index (χ4n) is 8.98. The second-order valence-electron chi connectivity index (χ2n) is 13.6. The third-order valence-electron chi connectivity index (χ3n) is 11.4. The van der Waals surface area contributed by atoms with Gasteiger partial charge in [-0.3, -0.25) is 4.79 Å². The summed E-state index contributed by atoms with van der Waals surface area (Å²) >= 11 is 0. The number of methoxy groups -OCH3 is 1. The number of fused-ring (bicyclic) bond motifs is 5. The smallest absolute Gasteiger partial charge is 0.142 e. The number of hydrogen-bond acceptors (Lipinski definition) is 6. The maximum absolute atomic E-state index is 10.4. The molecule has 7 unspecified atom stereocenters. The molecule has 50 heavy (non-hydrogen) atoms. The van der Waals surface area contributed by atoms with Crippen LogP contribution in [0.15, 0.2) is 12.2 Å². The first-order chi connectivity index (χ1) is 23.7. The van der Waals surface area contributed by atoms with E-state index in [1.54, 1.807) is 26.5 Å². The SMILES string of the molecule is C.C#C.C#CC.C#CCC(NC)NC.CC.CC12CCCCC1CCC1C2CCC2(C)C(CCC/C=C/C=O)CCC12.CCOC.NCCO. The van der Waals surface area contributed by atoms with Crippen molar-refractivity contribution in [1.82, 2.24) is 10.6 Å². The number of terminal acetylenes is 3. The Hall–Kier alpha value is -2.11. The summed E-state index contributed by atoms with van der Waals surface area (Å²) in [4.78, 5) is 10.4. The van der Waals surface area contributed by atoms with Gasteiger partial charge in [0.1, 0.15) is 6.29 Å². The van der Waals surface area contributed by atoms with Gasteiger partial charge in [-0.15, -0.1) is 37.5 Å². The van der Waals surface area contributed by atoms with Crippen molar-refractivity contribution in [3.63, 3.8) is 0 Å². The highest BCUT2D eigenvalue weighted by Gasteiger charge is 2.59. The first kappa shape index (κ1) is 54.7. The number of aliphatic hydroxyl groups excluding tert-OH is 1. The minimum Gasteiger partial charge on any atom is -0.395 e. The van der Waals surface area contributed by atoms with Gasteiger partial charge in [-0.25, -0.2) is 0 Å². The van der Waals surface area contributed by atoms with Crippen LogP contribution in [0.1, 0.15) is 139 Å². The fourth-order valence-corrected chi connectivity index (χ4v) is 8.98. The Labute approximate surface area is 312 Å². The highest BCUT2D eigenvalue weighted by Crippen LogP contribution is 2.67. The van der Waals surface area contributed by atoms with Gasteiger partial charge in [0.2, 0.25) is 0 Å². The van der Waals surface area contributed by atoms with Crippen molar-refractivity contribution in [1.29, 1.82) is 0 Å². The number of aliphatic hydroxyl groups is 1. The van der Waals surface area contributed by atoms with E-state index in [-0.39, 0.29) is 20.2 Å². The average Bonchev–Trinajstić information content (AvgIpc) is 3.48. The summed E-state index contributed by atoms with van der Waals surface area (Å²) in [5.41, 5.74) is 6.08. The monoisotopic (exact) mass is 702 g/mol. The maximum Gasteiger partial charge on any atom is 0.142 e. The second-order valence-corrected chi connectivity index (χ2v) is 13.6. The van der Waals surface area contributed by atoms with Gasteiger partial charge in [0.15, 0.2) is 0 Å². The lowest BCUT2D eigenvalue weighted by Crippen LogP contribution is -2.52. The van der Waals surface area contributed by atoms with Crippen LogP contribution in [-0.2, 0) is 9.53 Å². The molecule has 0 aromatic carbocycles. The van der Waals surface area contributed by atoms with E-state index >= 15 is 0 Å². The van der Waals surface area contributed by atoms with Crippen molar-refractivity contribution in [2.45, 2.75) is 145 Å². The topological polar surface area (TPSA) is 96.6 Å². The van der Waals surface area contributed by atoms with Gasteiger partial charge in [-0.05, 0) is 145 Å². The number of ether oxygens (including phenoxy) is 1. The molecule has 0 aliphatic heterocycles. The predicted molar refractivity (Wildman–Crippen MR) is 220 cm³/mol. The summed E-state index contributed by atoms with van der Waals surface area (Å²) in [5, 5.41) is 13.7. The molecule has 4 fully saturated rings. The molecule has 7 atom stereocenters. The lowest BCUT2D eigenvalue weighted by molar-refractivity contribution is -0.111. The standard InChI is InChI=1S/C25H40O.C6H12N2.C3H8O.C3H4.C2H7NO.C2H6.C2H2.CH4/c1-24-16-7-6-10-19(24)11-13-21-22-14-12-20(9-5-3-4-8-18-26)25(22,2)17-15-23(21)24;1-4-5-6(7-2)8-3;1-3-4-2;1-3-2;3-1-2-4;2*1-2;/h4,8,18-23H,3,5-7,9-17H2,1-2H3;1,6-8H,5H2,2-3H3;3H2,1-2H3;1H,2H3;4H,1-3H2;1-2H3;1-2H;1H4/b8-4+;;;;;;;. The van der Waals surface area contributed by atoms with Gasteiger partial charge >= 0.3 is 0 Å². The lowest BCUT2D eigenvalue weighted by Gasteiger charge is -2.60. The molecular formula is C44H83N3O3. The van der Waals surface area contributed by atoms with Gasteiger partial charge in [-0.2, -0.15) is 0 Å². The molecule has 0 aromatic heterocycles. The molecule has 0 heterocycles. The minimum absolute atomic E-state index is 0. The van der Waals surface area contributed by atoms with Crippen molar-refractivity contribution in [2.24, 2.45) is 46.2 Å². The van der Waals surface area contributed by atoms with Crippen LogP contribution >= 0.6 is 0 Å². The Morgan fingerprint density at radius 3 is 2.00 bits per heavy atom. The molecule has 4 saturated carbocycles. The third-order valence-corrected chi connectivity index (χ3v) is 11.4. The Kier molecular flexibility index (Phi) is 38.6. The van der Waals surface area contributed by atoms with Gasteiger partial charge in [-0.1, -0.05) is 54.0 Å². The molecule has 4 aliphatic rings. The zero-order valence-electron chi connectivity index (χ0n) is 33.4. The molecule has 0 aromatic rings. The van der Waals surface area contributed by atoms with E-state index in [2.05, 4.69) is 66.4 Å². The van der Waals surface area contributed by atoms with E-state index < -0.39 is 0 Å². The number of carbonyl (C=O) groups excluding carboxylic acids is 1. The molecule has 0 spiro atoms. The van der Waals surface area contributed by atoms with Crippen molar-refractivity contribution in [3.05, 3.63) is 12.2 Å². The van der Waals surface area contributed by atoms with Crippen molar-refractivity contribution >= 4 is 6.29 Å². The molecule has 0 saturated heterocycles. The van der Waals surface area contributed by atoms with Crippen LogP contribution in [0.5, 0.6) is 0 Å². The molecule has 0 amide bonds. The first-order valence-electron chi connectivity index (χ1n) is 19.1. The van der Waals surface area contributed by atoms with E-state index in [9.17, 15) is 4.79 Å². The average molecular weight is 702 g/mol. The highest BCUT2D eigenvalue weighted by atomic mass is 16.5. The van der Waals surface area contributed by atoms with Crippen LogP contribution in [0.3, 0.4) is 0 Å². The number of unbranched alkanes of at least 4 members (excludes halogenated alkanes) is 1. The number of allylic oxidation sites excluding steroid dienone is 2. The van der Waals surface area contributed by atoms with Crippen LogP contribution in [0.2, 0.25) is 0 Å². The summed E-state index contributed by atoms with van der Waals surface area (Å²) < 4.78 is 4.54. The largest absolute Gasteiger partial charge is 0.395 e. The van der Waals surface area contributed by atoms with E-state index in [0.29, 0.717) is 17.4 Å². The molecule has 0 radical (unpaired) electrons. The number of hydrogen-bond donors (Lipinski definition) is 4. The number of nitrogens with two attached hydrogens (primary N) is 1. The molecule has 6 heteroatoms. The number of aldehydes is 1. The summed E-state index contributed by atoms with van der Waals surface area (Å²) in [5.74, 6) is 9.86. The van der Waals surface area contributed by atoms with Crippen LogP contribution < -0.4 is 16.4 Å². The van der Waals surface area contributed by atoms with Gasteiger partial charge in [0.05, 0.1) is 12.8 Å². The lowest BCUT2D eigenvalue weighted by atomic mass is 9.45. The predicted octanol–water partition coefficient (Wildman–Crippen LogP) is 8.88. The van der Waals surface area contributed by atoms with Crippen LogP contribution in [0.4, 0.5) is 0 Å². The number of carbonyl (C=O) groups is 1. The Morgan fingerprint density at radius 2 is 1.54 bits per heavy atom.